The van der Waals surface area contributed by atoms with Crippen LogP contribution in [0.4, 0.5) is 0 Å². The first-order valence-corrected chi connectivity index (χ1v) is 24.4. The van der Waals surface area contributed by atoms with Crippen molar-refractivity contribution in [2.75, 3.05) is 13.2 Å². The van der Waals surface area contributed by atoms with Crippen molar-refractivity contribution in [3.05, 3.63) is 0 Å². The third kappa shape index (κ3) is 41.9. The maximum absolute atomic E-state index is 12.7. The number of rotatable bonds is 44. The molecular formula is C49H94O6. The van der Waals surface area contributed by atoms with Gasteiger partial charge in [-0.25, -0.2) is 0 Å². The highest BCUT2D eigenvalue weighted by Crippen LogP contribution is 2.17. The fourth-order valence-electron chi connectivity index (χ4n) is 7.30. The summed E-state index contributed by atoms with van der Waals surface area (Å²) in [4.78, 5) is 37.8. The number of hydrogen-bond acceptors (Lipinski definition) is 6. The second kappa shape index (κ2) is 43.5. The summed E-state index contributed by atoms with van der Waals surface area (Å²) in [5, 5.41) is 0. The van der Waals surface area contributed by atoms with E-state index in [0.29, 0.717) is 19.3 Å². The summed E-state index contributed by atoms with van der Waals surface area (Å²) in [6.07, 6.45) is 43.6. The van der Waals surface area contributed by atoms with E-state index in [1.54, 1.807) is 0 Å². The van der Waals surface area contributed by atoms with Gasteiger partial charge < -0.3 is 14.2 Å². The lowest BCUT2D eigenvalue weighted by molar-refractivity contribution is -0.167. The molecule has 0 aliphatic heterocycles. The van der Waals surface area contributed by atoms with Crippen molar-refractivity contribution >= 4 is 17.9 Å². The van der Waals surface area contributed by atoms with Crippen molar-refractivity contribution in [2.45, 2.75) is 278 Å². The van der Waals surface area contributed by atoms with Crippen molar-refractivity contribution < 1.29 is 28.6 Å². The topological polar surface area (TPSA) is 78.9 Å². The van der Waals surface area contributed by atoms with Gasteiger partial charge >= 0.3 is 17.9 Å². The van der Waals surface area contributed by atoms with Gasteiger partial charge in [0, 0.05) is 19.3 Å². The largest absolute Gasteiger partial charge is 0.462 e. The maximum atomic E-state index is 12.7. The van der Waals surface area contributed by atoms with Crippen LogP contribution in [0.5, 0.6) is 0 Å². The summed E-state index contributed by atoms with van der Waals surface area (Å²) in [6, 6.07) is 0. The average molecular weight is 779 g/mol. The van der Waals surface area contributed by atoms with Crippen LogP contribution in [0.25, 0.3) is 0 Å². The molecule has 0 radical (unpaired) electrons. The molecule has 0 rings (SSSR count). The van der Waals surface area contributed by atoms with Crippen LogP contribution in [0.3, 0.4) is 0 Å². The molecule has 0 aliphatic rings. The summed E-state index contributed by atoms with van der Waals surface area (Å²) in [5.41, 5.74) is 0. The number of esters is 3. The third-order valence-electron chi connectivity index (χ3n) is 11.4. The Bertz CT molecular complexity index is 828. The molecule has 0 N–H and O–H groups in total. The molecule has 0 fully saturated rings. The van der Waals surface area contributed by atoms with Crippen molar-refractivity contribution in [3.63, 3.8) is 0 Å². The summed E-state index contributed by atoms with van der Waals surface area (Å²) in [7, 11) is 0. The van der Waals surface area contributed by atoms with E-state index >= 15 is 0 Å². The quantitative estimate of drug-likeness (QED) is 0.0348. The molecule has 0 aliphatic carbocycles. The van der Waals surface area contributed by atoms with Gasteiger partial charge in [0.25, 0.3) is 0 Å². The summed E-state index contributed by atoms with van der Waals surface area (Å²) < 4.78 is 16.7. The Hall–Kier alpha value is -1.59. The monoisotopic (exact) mass is 779 g/mol. The minimum Gasteiger partial charge on any atom is -0.462 e. The predicted octanol–water partition coefficient (Wildman–Crippen LogP) is 15.5. The normalized spacial score (nSPS) is 12.4. The fourth-order valence-corrected chi connectivity index (χ4v) is 7.30. The van der Waals surface area contributed by atoms with Crippen LogP contribution in [0, 0.1) is 5.92 Å². The highest BCUT2D eigenvalue weighted by Gasteiger charge is 2.19. The molecule has 6 heteroatoms. The number of carbonyl (C=O) groups excluding carboxylic acids is 3. The number of hydrogen-bond donors (Lipinski definition) is 0. The third-order valence-corrected chi connectivity index (χ3v) is 11.4. The summed E-state index contributed by atoms with van der Waals surface area (Å²) in [6.45, 7) is 9.02. The first kappa shape index (κ1) is 53.4. The first-order chi connectivity index (χ1) is 26.9. The van der Waals surface area contributed by atoms with Gasteiger partial charge in [-0.1, -0.05) is 233 Å². The van der Waals surface area contributed by atoms with Crippen LogP contribution in [-0.4, -0.2) is 37.2 Å². The van der Waals surface area contributed by atoms with Gasteiger partial charge in [0.15, 0.2) is 6.10 Å². The molecule has 0 aromatic heterocycles. The Balaban J connectivity index is 4.30. The number of ether oxygens (including phenoxy) is 3. The molecule has 0 bridgehead atoms. The average Bonchev–Trinajstić information content (AvgIpc) is 3.18. The lowest BCUT2D eigenvalue weighted by Crippen LogP contribution is -2.30. The van der Waals surface area contributed by atoms with Crippen LogP contribution < -0.4 is 0 Å². The molecule has 0 spiro atoms. The molecule has 0 amide bonds. The van der Waals surface area contributed by atoms with Crippen molar-refractivity contribution in [3.8, 4) is 0 Å². The van der Waals surface area contributed by atoms with Crippen LogP contribution in [0.2, 0.25) is 0 Å². The molecule has 0 saturated carbocycles. The van der Waals surface area contributed by atoms with Gasteiger partial charge in [-0.05, 0) is 25.2 Å². The molecule has 2 atom stereocenters. The van der Waals surface area contributed by atoms with Crippen molar-refractivity contribution in [1.82, 2.24) is 0 Å². The molecule has 55 heavy (non-hydrogen) atoms. The van der Waals surface area contributed by atoms with Gasteiger partial charge in [0.05, 0.1) is 0 Å². The van der Waals surface area contributed by atoms with Gasteiger partial charge in [-0.15, -0.1) is 0 Å². The minimum atomic E-state index is -0.759. The predicted molar refractivity (Wildman–Crippen MR) is 233 cm³/mol. The summed E-state index contributed by atoms with van der Waals surface area (Å²) >= 11 is 0. The Morgan fingerprint density at radius 3 is 0.945 bits per heavy atom. The molecular weight excluding hydrogens is 685 g/mol. The zero-order valence-electron chi connectivity index (χ0n) is 37.4. The standard InChI is InChI=1S/C49H94O6/c1-5-8-10-12-14-16-18-19-20-25-28-32-36-40-47(50)53-43-46(55-49(52)42-38-34-30-24-17-15-13-11-9-6-2)44-54-48(51)41-37-33-29-26-22-21-23-27-31-35-39-45(4)7-3/h45-46H,5-44H2,1-4H3/t45?,46-/m0/s1. The zero-order chi connectivity index (χ0) is 40.3. The molecule has 326 valence electrons. The lowest BCUT2D eigenvalue weighted by Gasteiger charge is -2.18. The van der Waals surface area contributed by atoms with Crippen LogP contribution in [-0.2, 0) is 28.6 Å². The molecule has 1 unspecified atom stereocenters. The van der Waals surface area contributed by atoms with E-state index in [2.05, 4.69) is 27.7 Å². The highest BCUT2D eigenvalue weighted by atomic mass is 16.6. The van der Waals surface area contributed by atoms with Crippen LogP contribution in [0.15, 0.2) is 0 Å². The molecule has 0 heterocycles. The Morgan fingerprint density at radius 2 is 0.636 bits per heavy atom. The van der Waals surface area contributed by atoms with E-state index in [1.807, 2.05) is 0 Å². The number of carbonyl (C=O) groups is 3. The van der Waals surface area contributed by atoms with E-state index in [-0.39, 0.29) is 31.1 Å². The first-order valence-electron chi connectivity index (χ1n) is 24.4. The Kier molecular flexibility index (Phi) is 42.3. The van der Waals surface area contributed by atoms with Gasteiger partial charge in [0.2, 0.25) is 0 Å². The Morgan fingerprint density at radius 1 is 0.364 bits per heavy atom. The molecule has 6 nitrogen and oxygen atoms in total. The van der Waals surface area contributed by atoms with E-state index < -0.39 is 6.10 Å². The summed E-state index contributed by atoms with van der Waals surface area (Å²) in [5.74, 6) is 0.0194. The molecule has 0 saturated heterocycles. The van der Waals surface area contributed by atoms with Gasteiger partial charge in [-0.2, -0.15) is 0 Å². The second-order valence-corrected chi connectivity index (χ2v) is 17.0. The van der Waals surface area contributed by atoms with E-state index in [1.165, 1.54) is 167 Å². The van der Waals surface area contributed by atoms with E-state index in [9.17, 15) is 14.4 Å². The minimum absolute atomic E-state index is 0.0633. The SMILES string of the molecule is CCCCCCCCCCCCCCCC(=O)OC[C@@H](COC(=O)CCCCCCCCCCCCC(C)CC)OC(=O)CCCCCCCCCCCC. The van der Waals surface area contributed by atoms with E-state index in [0.717, 1.165) is 63.7 Å². The zero-order valence-corrected chi connectivity index (χ0v) is 37.4. The molecule has 0 aromatic rings. The number of unbranched alkanes of at least 4 members (excludes halogenated alkanes) is 30. The highest BCUT2D eigenvalue weighted by molar-refractivity contribution is 5.71. The molecule has 0 aromatic carbocycles. The Labute approximate surface area is 342 Å². The lowest BCUT2D eigenvalue weighted by atomic mass is 9.99. The smallest absolute Gasteiger partial charge is 0.306 e. The maximum Gasteiger partial charge on any atom is 0.306 e. The fraction of sp³-hybridized carbons (Fsp3) is 0.939. The van der Waals surface area contributed by atoms with Crippen molar-refractivity contribution in [2.24, 2.45) is 5.92 Å². The van der Waals surface area contributed by atoms with Gasteiger partial charge in [0.1, 0.15) is 13.2 Å². The van der Waals surface area contributed by atoms with Gasteiger partial charge in [-0.3, -0.25) is 14.4 Å². The van der Waals surface area contributed by atoms with Crippen LogP contribution in [0.1, 0.15) is 272 Å². The van der Waals surface area contributed by atoms with Crippen LogP contribution >= 0.6 is 0 Å². The van der Waals surface area contributed by atoms with Crippen molar-refractivity contribution in [1.29, 1.82) is 0 Å². The van der Waals surface area contributed by atoms with E-state index in [4.69, 9.17) is 14.2 Å². The second-order valence-electron chi connectivity index (χ2n) is 17.0.